The molecule has 140 valence electrons. The summed E-state index contributed by atoms with van der Waals surface area (Å²) in [4.78, 5) is 20.5. The van der Waals surface area contributed by atoms with Gasteiger partial charge in [-0.2, -0.15) is 13.2 Å². The second-order valence-electron chi connectivity index (χ2n) is 5.61. The first kappa shape index (κ1) is 20.0. The van der Waals surface area contributed by atoms with Gasteiger partial charge in [0.2, 0.25) is 0 Å². The largest absolute Gasteiger partial charge is 0.418 e. The zero-order chi connectivity index (χ0) is 19.3. The first-order valence-corrected chi connectivity index (χ1v) is 8.36. The molecule has 0 saturated carbocycles. The highest BCUT2D eigenvalue weighted by atomic mass is 35.5. The number of alkyl halides is 3. The van der Waals surface area contributed by atoms with Gasteiger partial charge in [-0.3, -0.25) is 4.79 Å². The van der Waals surface area contributed by atoms with E-state index in [9.17, 15) is 18.0 Å². The fourth-order valence-corrected chi connectivity index (χ4v) is 2.39. The van der Waals surface area contributed by atoms with E-state index in [2.05, 4.69) is 20.6 Å². The smallest absolute Gasteiger partial charge is 0.370 e. The highest BCUT2D eigenvalue weighted by Crippen LogP contribution is 2.36. The van der Waals surface area contributed by atoms with Crippen molar-refractivity contribution in [3.05, 3.63) is 46.4 Å². The highest BCUT2D eigenvalue weighted by Gasteiger charge is 2.34. The number of unbranched alkanes of at least 4 members (excludes halogenated alkanes) is 1. The second kappa shape index (κ2) is 8.35. The first-order chi connectivity index (χ1) is 12.2. The van der Waals surface area contributed by atoms with Crippen molar-refractivity contribution in [1.29, 1.82) is 0 Å². The van der Waals surface area contributed by atoms with Gasteiger partial charge in [0.05, 0.1) is 11.3 Å². The van der Waals surface area contributed by atoms with Gasteiger partial charge in [-0.1, -0.05) is 24.9 Å². The van der Waals surface area contributed by atoms with Crippen LogP contribution in [0.15, 0.2) is 24.3 Å². The summed E-state index contributed by atoms with van der Waals surface area (Å²) in [7, 11) is 0. The van der Waals surface area contributed by atoms with Gasteiger partial charge in [0, 0.05) is 17.6 Å². The first-order valence-electron chi connectivity index (χ1n) is 7.98. The SMILES string of the molecule is CCCCNc1cc(C(=O)Nc2ccc(Cl)cc2C(F)(F)F)nc(C)n1. The fraction of sp³-hybridized carbons (Fsp3) is 0.353. The molecule has 9 heteroatoms. The standard InChI is InChI=1S/C17H18ClF3N4O/c1-3-4-7-22-15-9-14(23-10(2)24-15)16(26)25-13-6-5-11(18)8-12(13)17(19,20)21/h5-6,8-9H,3-4,7H2,1-2H3,(H,25,26)(H,22,23,24). The maximum Gasteiger partial charge on any atom is 0.418 e. The summed E-state index contributed by atoms with van der Waals surface area (Å²) in [5, 5.41) is 5.23. The van der Waals surface area contributed by atoms with E-state index in [-0.39, 0.29) is 16.4 Å². The minimum atomic E-state index is -4.65. The van der Waals surface area contributed by atoms with E-state index in [0.29, 0.717) is 18.2 Å². The van der Waals surface area contributed by atoms with Crippen molar-refractivity contribution in [3.63, 3.8) is 0 Å². The molecule has 1 heterocycles. The van der Waals surface area contributed by atoms with E-state index in [1.165, 1.54) is 12.1 Å². The predicted octanol–water partition coefficient (Wildman–Crippen LogP) is 4.92. The Kier molecular flexibility index (Phi) is 6.42. The fourth-order valence-electron chi connectivity index (χ4n) is 2.21. The number of carbonyl (C=O) groups is 1. The third-order valence-corrected chi connectivity index (χ3v) is 3.68. The lowest BCUT2D eigenvalue weighted by molar-refractivity contribution is -0.136. The van der Waals surface area contributed by atoms with E-state index in [4.69, 9.17) is 11.6 Å². The van der Waals surface area contributed by atoms with Crippen molar-refractivity contribution in [2.24, 2.45) is 0 Å². The van der Waals surface area contributed by atoms with Gasteiger partial charge in [-0.15, -0.1) is 0 Å². The molecular formula is C17H18ClF3N4O. The number of aromatic nitrogens is 2. The average Bonchev–Trinajstić information content (AvgIpc) is 2.55. The number of halogens is 4. The van der Waals surface area contributed by atoms with Crippen LogP contribution in [-0.2, 0) is 6.18 Å². The molecule has 5 nitrogen and oxygen atoms in total. The van der Waals surface area contributed by atoms with Gasteiger partial charge in [-0.05, 0) is 31.5 Å². The van der Waals surface area contributed by atoms with Crippen LogP contribution in [0, 0.1) is 6.92 Å². The van der Waals surface area contributed by atoms with Gasteiger partial charge in [0.25, 0.3) is 5.91 Å². The molecule has 0 aliphatic carbocycles. The Balaban J connectivity index is 2.25. The lowest BCUT2D eigenvalue weighted by Gasteiger charge is -2.14. The molecule has 1 amide bonds. The Bertz CT molecular complexity index is 796. The summed E-state index contributed by atoms with van der Waals surface area (Å²) in [6.45, 7) is 4.31. The summed E-state index contributed by atoms with van der Waals surface area (Å²) in [6.07, 6.45) is -2.74. The number of anilines is 2. The summed E-state index contributed by atoms with van der Waals surface area (Å²) in [5.41, 5.74) is -1.44. The summed E-state index contributed by atoms with van der Waals surface area (Å²) in [6, 6.07) is 4.55. The predicted molar refractivity (Wildman–Crippen MR) is 94.6 cm³/mol. The van der Waals surface area contributed by atoms with Crippen molar-refractivity contribution in [2.45, 2.75) is 32.9 Å². The van der Waals surface area contributed by atoms with Gasteiger partial charge in [0.15, 0.2) is 0 Å². The zero-order valence-corrected chi connectivity index (χ0v) is 15.0. The molecule has 26 heavy (non-hydrogen) atoms. The Morgan fingerprint density at radius 3 is 2.62 bits per heavy atom. The number of carbonyl (C=O) groups excluding carboxylic acids is 1. The van der Waals surface area contributed by atoms with Crippen molar-refractivity contribution >= 4 is 29.0 Å². The third-order valence-electron chi connectivity index (χ3n) is 3.44. The summed E-state index contributed by atoms with van der Waals surface area (Å²) >= 11 is 5.64. The van der Waals surface area contributed by atoms with E-state index in [1.807, 2.05) is 6.92 Å². The molecule has 0 aliphatic heterocycles. The van der Waals surface area contributed by atoms with Crippen LogP contribution in [0.3, 0.4) is 0 Å². The topological polar surface area (TPSA) is 66.9 Å². The lowest BCUT2D eigenvalue weighted by Crippen LogP contribution is -2.19. The van der Waals surface area contributed by atoms with Crippen molar-refractivity contribution in [3.8, 4) is 0 Å². The van der Waals surface area contributed by atoms with Gasteiger partial charge in [0.1, 0.15) is 17.3 Å². The monoisotopic (exact) mass is 386 g/mol. The van der Waals surface area contributed by atoms with Crippen LogP contribution in [0.2, 0.25) is 5.02 Å². The van der Waals surface area contributed by atoms with Crippen LogP contribution in [0.4, 0.5) is 24.7 Å². The average molecular weight is 387 g/mol. The second-order valence-corrected chi connectivity index (χ2v) is 6.04. The molecule has 0 aliphatic rings. The molecule has 0 spiro atoms. The quantitative estimate of drug-likeness (QED) is 0.691. The maximum atomic E-state index is 13.1. The van der Waals surface area contributed by atoms with Gasteiger partial charge < -0.3 is 10.6 Å². The molecule has 0 atom stereocenters. The number of aryl methyl sites for hydroxylation is 1. The number of rotatable bonds is 6. The number of nitrogens with one attached hydrogen (secondary N) is 2. The molecule has 1 aromatic carbocycles. The zero-order valence-electron chi connectivity index (χ0n) is 14.2. The normalized spacial score (nSPS) is 11.3. The van der Waals surface area contributed by atoms with E-state index >= 15 is 0 Å². The number of benzene rings is 1. The Morgan fingerprint density at radius 2 is 1.96 bits per heavy atom. The third kappa shape index (κ3) is 5.32. The van der Waals surface area contributed by atoms with Gasteiger partial charge in [-0.25, -0.2) is 9.97 Å². The van der Waals surface area contributed by atoms with Crippen LogP contribution in [0.5, 0.6) is 0 Å². The van der Waals surface area contributed by atoms with Crippen molar-refractivity contribution < 1.29 is 18.0 Å². The molecule has 2 rings (SSSR count). The Labute approximate surface area is 154 Å². The minimum absolute atomic E-state index is 0.0282. The van der Waals surface area contributed by atoms with Crippen LogP contribution < -0.4 is 10.6 Å². The Hall–Kier alpha value is -2.35. The molecule has 0 saturated heterocycles. The lowest BCUT2D eigenvalue weighted by atomic mass is 10.1. The van der Waals surface area contributed by atoms with Crippen LogP contribution in [-0.4, -0.2) is 22.4 Å². The van der Waals surface area contributed by atoms with Crippen molar-refractivity contribution in [1.82, 2.24) is 9.97 Å². The molecule has 0 radical (unpaired) electrons. The van der Waals surface area contributed by atoms with Gasteiger partial charge >= 0.3 is 6.18 Å². The van der Waals surface area contributed by atoms with Crippen molar-refractivity contribution in [2.75, 3.05) is 17.2 Å². The minimum Gasteiger partial charge on any atom is -0.370 e. The number of hydrogen-bond donors (Lipinski definition) is 2. The maximum absolute atomic E-state index is 13.1. The van der Waals surface area contributed by atoms with Crippen LogP contribution in [0.1, 0.15) is 41.6 Å². The molecule has 2 N–H and O–H groups in total. The Morgan fingerprint density at radius 1 is 1.23 bits per heavy atom. The summed E-state index contributed by atoms with van der Waals surface area (Å²) in [5.74, 6) is 0.0221. The van der Waals surface area contributed by atoms with E-state index in [1.54, 1.807) is 6.92 Å². The van der Waals surface area contributed by atoms with Crippen LogP contribution in [0.25, 0.3) is 0 Å². The molecule has 0 fully saturated rings. The summed E-state index contributed by atoms with van der Waals surface area (Å²) < 4.78 is 39.4. The number of hydrogen-bond acceptors (Lipinski definition) is 4. The molecule has 0 unspecified atom stereocenters. The molecule has 1 aromatic heterocycles. The molecule has 2 aromatic rings. The highest BCUT2D eigenvalue weighted by molar-refractivity contribution is 6.30. The molecule has 0 bridgehead atoms. The molecular weight excluding hydrogens is 369 g/mol. The van der Waals surface area contributed by atoms with Crippen LogP contribution >= 0.6 is 11.6 Å². The van der Waals surface area contributed by atoms with E-state index in [0.717, 1.165) is 25.0 Å². The van der Waals surface area contributed by atoms with E-state index < -0.39 is 17.6 Å². The number of amides is 1. The number of nitrogens with zero attached hydrogens (tertiary/aromatic N) is 2.